The normalized spacial score (nSPS) is 10.2. The van der Waals surface area contributed by atoms with Crippen LogP contribution in [0.3, 0.4) is 0 Å². The summed E-state index contributed by atoms with van der Waals surface area (Å²) in [5, 5.41) is 5.70. The molecule has 4 nitrogen and oxygen atoms in total. The fraction of sp³-hybridized carbons (Fsp3) is 0.333. The van der Waals surface area contributed by atoms with Gasteiger partial charge in [0.25, 0.3) is 0 Å². The summed E-state index contributed by atoms with van der Waals surface area (Å²) in [5.41, 5.74) is 0.587. The molecule has 0 saturated heterocycles. The van der Waals surface area contributed by atoms with Gasteiger partial charge in [0.05, 0.1) is 16.4 Å². The molecule has 2 N–H and O–H groups in total. The highest BCUT2D eigenvalue weighted by molar-refractivity contribution is 9.10. The number of nitrogens with zero attached hydrogens (tertiary/aromatic N) is 1. The second-order valence-corrected chi connectivity index (χ2v) is 4.46. The van der Waals surface area contributed by atoms with Gasteiger partial charge in [-0.05, 0) is 35.8 Å². The Kier molecular flexibility index (Phi) is 4.35. The lowest BCUT2D eigenvalue weighted by atomic mass is 10.4. The Morgan fingerprint density at radius 2 is 2.27 bits per heavy atom. The molecule has 0 spiro atoms. The Hall–Kier alpha value is -0.810. The highest BCUT2D eigenvalue weighted by atomic mass is 79.9. The Morgan fingerprint density at radius 3 is 2.80 bits per heavy atom. The summed E-state index contributed by atoms with van der Waals surface area (Å²) in [6.07, 6.45) is 1.49. The molecule has 0 saturated carbocycles. The number of rotatable bonds is 2. The number of anilines is 1. The first-order valence-corrected chi connectivity index (χ1v) is 5.54. The van der Waals surface area contributed by atoms with Gasteiger partial charge in [0.1, 0.15) is 5.15 Å². The van der Waals surface area contributed by atoms with Gasteiger partial charge in [0.15, 0.2) is 0 Å². The van der Waals surface area contributed by atoms with E-state index in [2.05, 4.69) is 31.5 Å². The maximum atomic E-state index is 11.3. The minimum Gasteiger partial charge on any atom is -0.336 e. The molecule has 15 heavy (non-hydrogen) atoms. The van der Waals surface area contributed by atoms with Crippen LogP contribution in [-0.2, 0) is 0 Å². The molecule has 0 bridgehead atoms. The first-order valence-electron chi connectivity index (χ1n) is 4.37. The molecule has 1 aromatic rings. The van der Waals surface area contributed by atoms with E-state index < -0.39 is 0 Å². The maximum absolute atomic E-state index is 11.3. The lowest BCUT2D eigenvalue weighted by Gasteiger charge is -2.10. The zero-order valence-electron chi connectivity index (χ0n) is 8.34. The van der Waals surface area contributed by atoms with Gasteiger partial charge in [-0.25, -0.2) is 9.78 Å². The van der Waals surface area contributed by atoms with Crippen molar-refractivity contribution in [3.63, 3.8) is 0 Å². The standard InChI is InChI=1S/C9H11BrClN3O/c1-5(2)13-9(15)14-6-3-7(10)8(11)12-4-6/h3-5H,1-2H3,(H2,13,14,15). The van der Waals surface area contributed by atoms with Crippen molar-refractivity contribution in [3.8, 4) is 0 Å². The largest absolute Gasteiger partial charge is 0.336 e. The van der Waals surface area contributed by atoms with Gasteiger partial charge in [0, 0.05) is 6.04 Å². The van der Waals surface area contributed by atoms with Crippen molar-refractivity contribution in [1.82, 2.24) is 10.3 Å². The van der Waals surface area contributed by atoms with Crippen molar-refractivity contribution in [1.29, 1.82) is 0 Å². The van der Waals surface area contributed by atoms with E-state index in [1.54, 1.807) is 6.07 Å². The number of hydrogen-bond acceptors (Lipinski definition) is 2. The fourth-order valence-corrected chi connectivity index (χ4v) is 1.37. The van der Waals surface area contributed by atoms with Crippen molar-refractivity contribution in [3.05, 3.63) is 21.9 Å². The molecule has 0 unspecified atom stereocenters. The van der Waals surface area contributed by atoms with Crippen LogP contribution in [0.1, 0.15) is 13.8 Å². The minimum absolute atomic E-state index is 0.0914. The Balaban J connectivity index is 2.65. The summed E-state index contributed by atoms with van der Waals surface area (Å²) in [6, 6.07) is 1.52. The molecule has 0 fully saturated rings. The topological polar surface area (TPSA) is 54.0 Å². The minimum atomic E-state index is -0.263. The van der Waals surface area contributed by atoms with Crippen molar-refractivity contribution in [2.24, 2.45) is 0 Å². The van der Waals surface area contributed by atoms with E-state index in [0.29, 0.717) is 15.3 Å². The molecule has 0 aliphatic carbocycles. The molecule has 0 aromatic carbocycles. The third kappa shape index (κ3) is 4.05. The third-order valence-corrected chi connectivity index (χ3v) is 2.61. The van der Waals surface area contributed by atoms with Crippen LogP contribution in [0, 0.1) is 0 Å². The molecule has 0 atom stereocenters. The van der Waals surface area contributed by atoms with Crippen LogP contribution in [0.25, 0.3) is 0 Å². The lowest BCUT2D eigenvalue weighted by Crippen LogP contribution is -2.34. The molecule has 82 valence electrons. The zero-order chi connectivity index (χ0) is 11.4. The summed E-state index contributed by atoms with van der Waals surface area (Å²) in [6.45, 7) is 3.77. The first kappa shape index (κ1) is 12.3. The van der Waals surface area contributed by atoms with Gasteiger partial charge >= 0.3 is 6.03 Å². The average molecular weight is 293 g/mol. The molecule has 2 amide bonds. The van der Waals surface area contributed by atoms with E-state index in [9.17, 15) is 4.79 Å². The molecule has 1 rings (SSSR count). The van der Waals surface area contributed by atoms with Crippen LogP contribution in [0.5, 0.6) is 0 Å². The van der Waals surface area contributed by atoms with E-state index >= 15 is 0 Å². The van der Waals surface area contributed by atoms with Crippen molar-refractivity contribution >= 4 is 39.2 Å². The summed E-state index contributed by atoms with van der Waals surface area (Å²) >= 11 is 8.94. The molecule has 0 aliphatic heterocycles. The van der Waals surface area contributed by atoms with Crippen LogP contribution in [-0.4, -0.2) is 17.1 Å². The highest BCUT2D eigenvalue weighted by Gasteiger charge is 2.05. The number of aromatic nitrogens is 1. The number of hydrogen-bond donors (Lipinski definition) is 2. The van der Waals surface area contributed by atoms with E-state index in [-0.39, 0.29) is 12.1 Å². The first-order chi connectivity index (χ1) is 6.99. The van der Waals surface area contributed by atoms with Crippen LogP contribution in [0.2, 0.25) is 5.15 Å². The van der Waals surface area contributed by atoms with Crippen molar-refractivity contribution in [2.45, 2.75) is 19.9 Å². The summed E-state index contributed by atoms with van der Waals surface area (Å²) in [5.74, 6) is 0. The number of carbonyl (C=O) groups excluding carboxylic acids is 1. The number of amides is 2. The third-order valence-electron chi connectivity index (χ3n) is 1.47. The molecule has 1 heterocycles. The second-order valence-electron chi connectivity index (χ2n) is 3.25. The van der Waals surface area contributed by atoms with E-state index in [1.807, 2.05) is 13.8 Å². The van der Waals surface area contributed by atoms with Crippen LogP contribution < -0.4 is 10.6 Å². The molecular weight excluding hydrogens is 281 g/mol. The Bertz CT molecular complexity index is 370. The van der Waals surface area contributed by atoms with Crippen molar-refractivity contribution in [2.75, 3.05) is 5.32 Å². The van der Waals surface area contributed by atoms with Gasteiger partial charge in [-0.2, -0.15) is 0 Å². The predicted molar refractivity (Wildman–Crippen MR) is 64.2 cm³/mol. The summed E-state index contributed by atoms with van der Waals surface area (Å²) < 4.78 is 0.645. The number of urea groups is 1. The highest BCUT2D eigenvalue weighted by Crippen LogP contribution is 2.22. The number of nitrogens with one attached hydrogen (secondary N) is 2. The lowest BCUT2D eigenvalue weighted by molar-refractivity contribution is 0.250. The second kappa shape index (κ2) is 5.32. The molecule has 6 heteroatoms. The quantitative estimate of drug-likeness (QED) is 0.823. The molecule has 1 aromatic heterocycles. The Morgan fingerprint density at radius 1 is 1.60 bits per heavy atom. The van der Waals surface area contributed by atoms with Gasteiger partial charge < -0.3 is 10.6 Å². The van der Waals surface area contributed by atoms with E-state index in [4.69, 9.17) is 11.6 Å². The van der Waals surface area contributed by atoms with Crippen LogP contribution in [0.4, 0.5) is 10.5 Å². The zero-order valence-corrected chi connectivity index (χ0v) is 10.7. The van der Waals surface area contributed by atoms with Gasteiger partial charge in [-0.1, -0.05) is 11.6 Å². The average Bonchev–Trinajstić information content (AvgIpc) is 2.10. The van der Waals surface area contributed by atoms with Crippen molar-refractivity contribution < 1.29 is 4.79 Å². The number of halogens is 2. The van der Waals surface area contributed by atoms with Gasteiger partial charge in [-0.15, -0.1) is 0 Å². The molecule has 0 radical (unpaired) electrons. The monoisotopic (exact) mass is 291 g/mol. The molecule has 0 aliphatic rings. The van der Waals surface area contributed by atoms with Gasteiger partial charge in [-0.3, -0.25) is 0 Å². The number of pyridine rings is 1. The number of carbonyl (C=O) groups is 1. The van der Waals surface area contributed by atoms with Crippen LogP contribution in [0.15, 0.2) is 16.7 Å². The Labute approximate surface area is 102 Å². The maximum Gasteiger partial charge on any atom is 0.319 e. The SMILES string of the molecule is CC(C)NC(=O)Nc1cnc(Cl)c(Br)c1. The van der Waals surface area contributed by atoms with Gasteiger partial charge in [0.2, 0.25) is 0 Å². The fourth-order valence-electron chi connectivity index (χ4n) is 0.919. The van der Waals surface area contributed by atoms with E-state index in [1.165, 1.54) is 6.20 Å². The molecular formula is C9H11BrClN3O. The summed E-state index contributed by atoms with van der Waals surface area (Å²) in [7, 11) is 0. The predicted octanol–water partition coefficient (Wildman–Crippen LogP) is 3.03. The summed E-state index contributed by atoms with van der Waals surface area (Å²) in [4.78, 5) is 15.2. The smallest absolute Gasteiger partial charge is 0.319 e. The van der Waals surface area contributed by atoms with E-state index in [0.717, 1.165) is 0 Å². The van der Waals surface area contributed by atoms with Crippen LogP contribution >= 0.6 is 27.5 Å².